The van der Waals surface area contributed by atoms with E-state index < -0.39 is 0 Å². The lowest BCUT2D eigenvalue weighted by Crippen LogP contribution is -2.35. The van der Waals surface area contributed by atoms with Crippen molar-refractivity contribution in [2.24, 2.45) is 4.99 Å². The first-order valence-corrected chi connectivity index (χ1v) is 5.76. The van der Waals surface area contributed by atoms with Gasteiger partial charge < -0.3 is 14.5 Å². The molecule has 17 heavy (non-hydrogen) atoms. The van der Waals surface area contributed by atoms with Gasteiger partial charge in [-0.3, -0.25) is 4.99 Å². The molecular weight excluding hydrogens is 329 g/mol. The predicted octanol–water partition coefficient (Wildman–Crippen LogP) is 1.82. The molecule has 0 aliphatic carbocycles. The number of hydrogen-bond donors (Lipinski definition) is 0. The number of hydrogen-bond acceptors (Lipinski definition) is 2. The molecule has 0 aromatic rings. The van der Waals surface area contributed by atoms with E-state index in [-0.39, 0.29) is 24.0 Å². The maximum Gasteiger partial charge on any atom is 0.195 e. The normalized spacial score (nSPS) is 14.5. The van der Waals surface area contributed by atoms with Crippen LogP contribution in [-0.2, 0) is 4.74 Å². The third-order valence-electron chi connectivity index (χ3n) is 2.54. The molecule has 1 aliphatic rings. The van der Waals surface area contributed by atoms with Crippen LogP contribution in [0.3, 0.4) is 0 Å². The van der Waals surface area contributed by atoms with Crippen molar-refractivity contribution in [2.45, 2.75) is 12.8 Å². The molecule has 1 rings (SSSR count). The van der Waals surface area contributed by atoms with E-state index >= 15 is 0 Å². The maximum absolute atomic E-state index is 5.27. The summed E-state index contributed by atoms with van der Waals surface area (Å²) in [5.74, 6) is 1.02. The number of nitrogens with zero attached hydrogens (tertiary/aromatic N) is 3. The van der Waals surface area contributed by atoms with Crippen LogP contribution in [0.4, 0.5) is 0 Å². The molecule has 4 nitrogen and oxygen atoms in total. The predicted molar refractivity (Wildman–Crippen MR) is 83.2 cm³/mol. The van der Waals surface area contributed by atoms with Gasteiger partial charge in [0.2, 0.25) is 0 Å². The van der Waals surface area contributed by atoms with Crippen LogP contribution in [-0.4, -0.2) is 63.7 Å². The van der Waals surface area contributed by atoms with Gasteiger partial charge in [-0.15, -0.1) is 24.0 Å². The van der Waals surface area contributed by atoms with Crippen molar-refractivity contribution in [3.8, 4) is 0 Å². The minimum Gasteiger partial charge on any atom is -0.377 e. The molecule has 0 radical (unpaired) electrons. The Bertz CT molecular complexity index is 265. The van der Waals surface area contributed by atoms with Gasteiger partial charge in [-0.05, 0) is 12.8 Å². The highest BCUT2D eigenvalue weighted by Crippen LogP contribution is 2.11. The quantitative estimate of drug-likeness (QED) is 0.335. The van der Waals surface area contributed by atoms with E-state index in [1.807, 2.05) is 38.0 Å². The van der Waals surface area contributed by atoms with Crippen LogP contribution >= 0.6 is 24.0 Å². The minimum atomic E-state index is 0. The Morgan fingerprint density at radius 2 is 1.94 bits per heavy atom. The molecule has 0 amide bonds. The molecule has 0 N–H and O–H groups in total. The summed E-state index contributed by atoms with van der Waals surface area (Å²) in [7, 11) is 8.08. The monoisotopic (exact) mass is 353 g/mol. The summed E-state index contributed by atoms with van der Waals surface area (Å²) >= 11 is 0. The summed E-state index contributed by atoms with van der Waals surface area (Å²) in [4.78, 5) is 8.68. The lowest BCUT2D eigenvalue weighted by Gasteiger charge is -2.22. The van der Waals surface area contributed by atoms with E-state index in [1.54, 1.807) is 0 Å². The van der Waals surface area contributed by atoms with Crippen LogP contribution in [0.25, 0.3) is 0 Å². The fourth-order valence-electron chi connectivity index (χ4n) is 1.77. The fraction of sp³-hybridized carbons (Fsp3) is 0.750. The second-order valence-electron chi connectivity index (χ2n) is 4.41. The molecule has 0 saturated carbocycles. The Morgan fingerprint density at radius 1 is 1.29 bits per heavy atom. The van der Waals surface area contributed by atoms with Crippen LogP contribution in [0.5, 0.6) is 0 Å². The Kier molecular flexibility index (Phi) is 8.59. The van der Waals surface area contributed by atoms with Gasteiger partial charge in [0.1, 0.15) is 0 Å². The molecule has 5 heteroatoms. The smallest absolute Gasteiger partial charge is 0.195 e. The van der Waals surface area contributed by atoms with Crippen molar-refractivity contribution < 1.29 is 4.74 Å². The molecule has 0 bridgehead atoms. The fourth-order valence-corrected chi connectivity index (χ4v) is 1.77. The largest absolute Gasteiger partial charge is 0.377 e. The topological polar surface area (TPSA) is 28.1 Å². The van der Waals surface area contributed by atoms with Crippen molar-refractivity contribution in [3.63, 3.8) is 0 Å². The Balaban J connectivity index is 0.00000256. The van der Waals surface area contributed by atoms with E-state index in [2.05, 4.69) is 11.1 Å². The van der Waals surface area contributed by atoms with Gasteiger partial charge in [0, 0.05) is 34.7 Å². The first-order valence-electron chi connectivity index (χ1n) is 5.76. The highest BCUT2D eigenvalue weighted by molar-refractivity contribution is 14.0. The molecule has 0 aromatic carbocycles. The molecular formula is C12H24IN3O. The van der Waals surface area contributed by atoms with Gasteiger partial charge in [-0.25, -0.2) is 0 Å². The van der Waals surface area contributed by atoms with Crippen LogP contribution in [0, 0.1) is 0 Å². The summed E-state index contributed by atoms with van der Waals surface area (Å²) in [6, 6.07) is 0. The van der Waals surface area contributed by atoms with Crippen LogP contribution in [0.2, 0.25) is 0 Å². The second-order valence-corrected chi connectivity index (χ2v) is 4.41. The van der Waals surface area contributed by atoms with Crippen molar-refractivity contribution in [3.05, 3.63) is 11.6 Å². The highest BCUT2D eigenvalue weighted by atomic mass is 127. The molecule has 0 unspecified atom stereocenters. The number of ether oxygens (including phenoxy) is 1. The van der Waals surface area contributed by atoms with Crippen molar-refractivity contribution >= 4 is 29.9 Å². The SMILES string of the molecule is CN(C)C(=NCCC1=CCOCC1)N(C)C.I. The number of aliphatic imine (C=N–C) groups is 1. The zero-order valence-corrected chi connectivity index (χ0v) is 13.6. The van der Waals surface area contributed by atoms with E-state index in [0.717, 1.165) is 38.6 Å². The standard InChI is InChI=1S/C12H23N3O.HI/c1-14(2)12(15(3)4)13-8-5-11-6-9-16-10-7-11;/h6H,5,7-10H2,1-4H3;1H. The van der Waals surface area contributed by atoms with Crippen LogP contribution in [0.1, 0.15) is 12.8 Å². The second kappa shape index (κ2) is 8.74. The zero-order chi connectivity index (χ0) is 12.0. The first-order chi connectivity index (χ1) is 7.61. The van der Waals surface area contributed by atoms with Gasteiger partial charge in [0.15, 0.2) is 5.96 Å². The van der Waals surface area contributed by atoms with Gasteiger partial charge >= 0.3 is 0 Å². The average molecular weight is 353 g/mol. The molecule has 0 spiro atoms. The lowest BCUT2D eigenvalue weighted by molar-refractivity contribution is 0.153. The van der Waals surface area contributed by atoms with Gasteiger partial charge in [0.05, 0.1) is 13.2 Å². The zero-order valence-electron chi connectivity index (χ0n) is 11.3. The summed E-state index contributed by atoms with van der Waals surface area (Å²) in [6.45, 7) is 2.49. The van der Waals surface area contributed by atoms with E-state index in [1.165, 1.54) is 5.57 Å². The molecule has 1 heterocycles. The Morgan fingerprint density at radius 3 is 2.41 bits per heavy atom. The summed E-state index contributed by atoms with van der Waals surface area (Å²) < 4.78 is 5.27. The lowest BCUT2D eigenvalue weighted by atomic mass is 10.1. The van der Waals surface area contributed by atoms with Crippen LogP contribution < -0.4 is 0 Å². The molecule has 0 atom stereocenters. The number of guanidine groups is 1. The van der Waals surface area contributed by atoms with Crippen LogP contribution in [0.15, 0.2) is 16.6 Å². The average Bonchev–Trinajstić information content (AvgIpc) is 2.24. The first kappa shape index (κ1) is 16.7. The van der Waals surface area contributed by atoms with Gasteiger partial charge in [-0.2, -0.15) is 0 Å². The summed E-state index contributed by atoms with van der Waals surface area (Å²) in [5.41, 5.74) is 1.48. The number of rotatable bonds is 3. The van der Waals surface area contributed by atoms with E-state index in [4.69, 9.17) is 4.74 Å². The molecule has 100 valence electrons. The van der Waals surface area contributed by atoms with Gasteiger partial charge in [-0.1, -0.05) is 11.6 Å². The summed E-state index contributed by atoms with van der Waals surface area (Å²) in [6.07, 6.45) is 4.30. The number of halogens is 1. The highest BCUT2D eigenvalue weighted by Gasteiger charge is 2.05. The molecule has 0 aromatic heterocycles. The maximum atomic E-state index is 5.27. The van der Waals surface area contributed by atoms with Crippen molar-refractivity contribution in [1.82, 2.24) is 9.80 Å². The van der Waals surface area contributed by atoms with Crippen molar-refractivity contribution in [1.29, 1.82) is 0 Å². The van der Waals surface area contributed by atoms with E-state index in [9.17, 15) is 0 Å². The van der Waals surface area contributed by atoms with Crippen molar-refractivity contribution in [2.75, 3.05) is 47.9 Å². The summed E-state index contributed by atoms with van der Waals surface area (Å²) in [5, 5.41) is 0. The van der Waals surface area contributed by atoms with E-state index in [0.29, 0.717) is 0 Å². The molecule has 0 saturated heterocycles. The Labute approximate surface area is 122 Å². The third-order valence-corrected chi connectivity index (χ3v) is 2.54. The minimum absolute atomic E-state index is 0. The third kappa shape index (κ3) is 6.26. The molecule has 1 aliphatic heterocycles. The Hall–Kier alpha value is -0.300. The van der Waals surface area contributed by atoms with Gasteiger partial charge in [0.25, 0.3) is 0 Å². The molecule has 0 fully saturated rings.